The normalized spacial score (nSPS) is 14.5. The SMILES string of the molecule is CC(=O)N1CCN(C(=O)COc2ccc(C#N)cc2)CC1. The number of hydrogen-bond donors (Lipinski definition) is 0. The number of carbonyl (C=O) groups excluding carboxylic acids is 2. The standard InChI is InChI=1S/C15H17N3O3/c1-12(19)17-6-8-18(9-7-17)15(20)11-21-14-4-2-13(10-16)3-5-14/h2-5H,6-9,11H2,1H3. The molecule has 1 aromatic rings. The van der Waals surface area contributed by atoms with Crippen LogP contribution in [-0.4, -0.2) is 54.4 Å². The smallest absolute Gasteiger partial charge is 0.260 e. The van der Waals surface area contributed by atoms with Crippen molar-refractivity contribution in [3.63, 3.8) is 0 Å². The predicted octanol–water partition coefficient (Wildman–Crippen LogP) is 0.628. The molecule has 0 N–H and O–H groups in total. The molecule has 0 aromatic heterocycles. The maximum Gasteiger partial charge on any atom is 0.260 e. The molecule has 1 saturated heterocycles. The predicted molar refractivity (Wildman–Crippen MR) is 75.5 cm³/mol. The number of carbonyl (C=O) groups is 2. The Morgan fingerprint density at radius 3 is 2.24 bits per heavy atom. The number of piperazine rings is 1. The Morgan fingerprint density at radius 2 is 1.71 bits per heavy atom. The molecule has 0 atom stereocenters. The van der Waals surface area contributed by atoms with Gasteiger partial charge in [-0.1, -0.05) is 0 Å². The molecule has 0 spiro atoms. The third-order valence-electron chi connectivity index (χ3n) is 3.42. The summed E-state index contributed by atoms with van der Waals surface area (Å²) < 4.78 is 5.41. The number of rotatable bonds is 3. The third-order valence-corrected chi connectivity index (χ3v) is 3.42. The van der Waals surface area contributed by atoms with Crippen LogP contribution in [0.4, 0.5) is 0 Å². The Bertz CT molecular complexity index is 555. The summed E-state index contributed by atoms with van der Waals surface area (Å²) in [6, 6.07) is 8.64. The van der Waals surface area contributed by atoms with Gasteiger partial charge < -0.3 is 14.5 Å². The Hall–Kier alpha value is -2.55. The molecule has 0 aliphatic carbocycles. The van der Waals surface area contributed by atoms with Crippen LogP contribution in [0.3, 0.4) is 0 Å². The molecular weight excluding hydrogens is 270 g/mol. The molecule has 1 aliphatic heterocycles. The van der Waals surface area contributed by atoms with E-state index in [9.17, 15) is 9.59 Å². The highest BCUT2D eigenvalue weighted by Crippen LogP contribution is 2.12. The number of ether oxygens (including phenoxy) is 1. The van der Waals surface area contributed by atoms with Crippen molar-refractivity contribution < 1.29 is 14.3 Å². The second-order valence-corrected chi connectivity index (χ2v) is 4.81. The fourth-order valence-electron chi connectivity index (χ4n) is 2.13. The first-order valence-corrected chi connectivity index (χ1v) is 6.76. The molecule has 1 aromatic carbocycles. The number of nitrogens with zero attached hydrogens (tertiary/aromatic N) is 3. The second kappa shape index (κ2) is 6.75. The molecule has 0 unspecified atom stereocenters. The van der Waals surface area contributed by atoms with Gasteiger partial charge in [-0.05, 0) is 24.3 Å². The maximum atomic E-state index is 12.0. The molecule has 0 saturated carbocycles. The molecule has 6 heteroatoms. The highest BCUT2D eigenvalue weighted by Gasteiger charge is 2.22. The van der Waals surface area contributed by atoms with Crippen LogP contribution in [-0.2, 0) is 9.59 Å². The lowest BCUT2D eigenvalue weighted by molar-refractivity contribution is -0.139. The molecule has 0 bridgehead atoms. The lowest BCUT2D eigenvalue weighted by Crippen LogP contribution is -2.51. The number of nitriles is 1. The molecule has 0 radical (unpaired) electrons. The monoisotopic (exact) mass is 287 g/mol. The summed E-state index contributed by atoms with van der Waals surface area (Å²) in [4.78, 5) is 26.7. The number of hydrogen-bond acceptors (Lipinski definition) is 4. The van der Waals surface area contributed by atoms with Gasteiger partial charge in [-0.3, -0.25) is 9.59 Å². The second-order valence-electron chi connectivity index (χ2n) is 4.81. The third kappa shape index (κ3) is 3.96. The lowest BCUT2D eigenvalue weighted by atomic mass is 10.2. The van der Waals surface area contributed by atoms with Crippen molar-refractivity contribution in [1.29, 1.82) is 5.26 Å². The first-order valence-electron chi connectivity index (χ1n) is 6.76. The van der Waals surface area contributed by atoms with Gasteiger partial charge in [-0.2, -0.15) is 5.26 Å². The van der Waals surface area contributed by atoms with Crippen molar-refractivity contribution in [2.45, 2.75) is 6.92 Å². The minimum absolute atomic E-state index is 0.0357. The van der Waals surface area contributed by atoms with E-state index in [1.165, 1.54) is 6.92 Å². The summed E-state index contributed by atoms with van der Waals surface area (Å²) in [5.41, 5.74) is 0.550. The Kier molecular flexibility index (Phi) is 4.77. The van der Waals surface area contributed by atoms with Crippen molar-refractivity contribution in [2.24, 2.45) is 0 Å². The summed E-state index contributed by atoms with van der Waals surface area (Å²) >= 11 is 0. The summed E-state index contributed by atoms with van der Waals surface area (Å²) in [5.74, 6) is 0.503. The van der Waals surface area contributed by atoms with Crippen LogP contribution in [0.15, 0.2) is 24.3 Å². The van der Waals surface area contributed by atoms with Gasteiger partial charge in [0.15, 0.2) is 6.61 Å². The molecule has 1 fully saturated rings. The van der Waals surface area contributed by atoms with Crippen molar-refractivity contribution in [3.05, 3.63) is 29.8 Å². The van der Waals surface area contributed by atoms with Crippen LogP contribution in [0.2, 0.25) is 0 Å². The maximum absolute atomic E-state index is 12.0. The highest BCUT2D eigenvalue weighted by molar-refractivity contribution is 5.78. The van der Waals surface area contributed by atoms with Gasteiger partial charge in [-0.25, -0.2) is 0 Å². The van der Waals surface area contributed by atoms with Crippen LogP contribution in [0.25, 0.3) is 0 Å². The van der Waals surface area contributed by atoms with Gasteiger partial charge in [0.25, 0.3) is 5.91 Å². The topological polar surface area (TPSA) is 73.6 Å². The van der Waals surface area contributed by atoms with Crippen molar-refractivity contribution in [1.82, 2.24) is 9.80 Å². The number of amides is 2. The zero-order chi connectivity index (χ0) is 15.2. The molecule has 110 valence electrons. The molecule has 6 nitrogen and oxygen atoms in total. The van der Waals surface area contributed by atoms with Crippen molar-refractivity contribution in [2.75, 3.05) is 32.8 Å². The van der Waals surface area contributed by atoms with Gasteiger partial charge >= 0.3 is 0 Å². The summed E-state index contributed by atoms with van der Waals surface area (Å²) in [5, 5.41) is 8.70. The fourth-order valence-corrected chi connectivity index (χ4v) is 2.13. The van der Waals surface area contributed by atoms with E-state index >= 15 is 0 Å². The van der Waals surface area contributed by atoms with E-state index in [2.05, 4.69) is 0 Å². The summed E-state index contributed by atoms with van der Waals surface area (Å²) in [6.45, 7) is 3.71. The molecule has 1 aliphatic rings. The van der Waals surface area contributed by atoms with Crippen LogP contribution in [0.5, 0.6) is 5.75 Å². The quantitative estimate of drug-likeness (QED) is 0.817. The highest BCUT2D eigenvalue weighted by atomic mass is 16.5. The van der Waals surface area contributed by atoms with Gasteiger partial charge in [0.2, 0.25) is 5.91 Å². The first-order chi connectivity index (χ1) is 10.1. The van der Waals surface area contributed by atoms with E-state index in [0.717, 1.165) is 0 Å². The summed E-state index contributed by atoms with van der Waals surface area (Å²) in [6.07, 6.45) is 0. The van der Waals surface area contributed by atoms with Crippen molar-refractivity contribution >= 4 is 11.8 Å². The van der Waals surface area contributed by atoms with E-state index < -0.39 is 0 Å². The van der Waals surface area contributed by atoms with E-state index in [-0.39, 0.29) is 18.4 Å². The van der Waals surface area contributed by atoms with Crippen LogP contribution < -0.4 is 4.74 Å². The van der Waals surface area contributed by atoms with Crippen LogP contribution >= 0.6 is 0 Å². The molecule has 2 rings (SSSR count). The van der Waals surface area contributed by atoms with E-state index in [4.69, 9.17) is 10.00 Å². The van der Waals surface area contributed by atoms with Gasteiger partial charge in [0.05, 0.1) is 11.6 Å². The Balaban J connectivity index is 1.80. The van der Waals surface area contributed by atoms with Gasteiger partial charge in [0, 0.05) is 33.1 Å². The minimum atomic E-state index is -0.0949. The largest absolute Gasteiger partial charge is 0.484 e. The van der Waals surface area contributed by atoms with Gasteiger partial charge in [-0.15, -0.1) is 0 Å². The van der Waals surface area contributed by atoms with Crippen LogP contribution in [0.1, 0.15) is 12.5 Å². The van der Waals surface area contributed by atoms with E-state index in [0.29, 0.717) is 37.5 Å². The molecular formula is C15H17N3O3. The summed E-state index contributed by atoms with van der Waals surface area (Å²) in [7, 11) is 0. The first kappa shape index (κ1) is 14.9. The Labute approximate surface area is 123 Å². The number of benzene rings is 1. The molecule has 1 heterocycles. The molecule has 2 amide bonds. The van der Waals surface area contributed by atoms with E-state index in [1.54, 1.807) is 34.1 Å². The molecule has 21 heavy (non-hydrogen) atoms. The van der Waals surface area contributed by atoms with Gasteiger partial charge in [0.1, 0.15) is 5.75 Å². The fraction of sp³-hybridized carbons (Fsp3) is 0.400. The zero-order valence-corrected chi connectivity index (χ0v) is 11.9. The average Bonchev–Trinajstić information content (AvgIpc) is 2.53. The minimum Gasteiger partial charge on any atom is -0.484 e. The average molecular weight is 287 g/mol. The van der Waals surface area contributed by atoms with E-state index in [1.807, 2.05) is 6.07 Å². The lowest BCUT2D eigenvalue weighted by Gasteiger charge is -2.34. The van der Waals surface area contributed by atoms with Crippen molar-refractivity contribution in [3.8, 4) is 11.8 Å². The Morgan fingerprint density at radius 1 is 1.14 bits per heavy atom. The zero-order valence-electron chi connectivity index (χ0n) is 11.9. The van der Waals surface area contributed by atoms with Crippen LogP contribution in [0, 0.1) is 11.3 Å².